The van der Waals surface area contributed by atoms with E-state index in [9.17, 15) is 24.8 Å². The number of nitro benzene ring substituents is 2. The van der Waals surface area contributed by atoms with Gasteiger partial charge in [-0.1, -0.05) is 0 Å². The number of phosphoric ester groups is 1. The van der Waals surface area contributed by atoms with E-state index in [-0.39, 0.29) is 22.9 Å². The van der Waals surface area contributed by atoms with Gasteiger partial charge < -0.3 is 9.63 Å². The van der Waals surface area contributed by atoms with Crippen molar-refractivity contribution in [2.75, 3.05) is 0 Å². The van der Waals surface area contributed by atoms with Crippen molar-refractivity contribution in [3.63, 3.8) is 0 Å². The number of phosphoric acid groups is 1. The van der Waals surface area contributed by atoms with Gasteiger partial charge in [-0.25, -0.2) is 4.57 Å². The number of hydrogen-bond donors (Lipinski definition) is 3. The van der Waals surface area contributed by atoms with E-state index in [0.29, 0.717) is 0 Å². The molecule has 2 radical (unpaired) electrons. The molecule has 0 saturated carbocycles. The molecule has 0 heterocycles. The molecule has 0 saturated heterocycles. The van der Waals surface area contributed by atoms with Crippen molar-refractivity contribution in [2.24, 2.45) is 0 Å². The first-order valence-corrected chi connectivity index (χ1v) is 10.6. The molecular formula is C12H14BN2O9P3. The molecule has 0 aliphatic heterocycles. The maximum atomic E-state index is 10.4. The Morgan fingerprint density at radius 3 is 1.67 bits per heavy atom. The van der Waals surface area contributed by atoms with E-state index in [0.717, 1.165) is 24.3 Å². The lowest BCUT2D eigenvalue weighted by Crippen LogP contribution is -1.91. The number of non-ortho nitro benzene ring substituents is 2. The molecular weight excluding hydrogens is 420 g/mol. The summed E-state index contributed by atoms with van der Waals surface area (Å²) in [6, 6.07) is 9.44. The van der Waals surface area contributed by atoms with Crippen LogP contribution in [-0.2, 0) is 4.57 Å². The Morgan fingerprint density at radius 1 is 1.04 bits per heavy atom. The normalized spacial score (nSPS) is 11.4. The van der Waals surface area contributed by atoms with Crippen LogP contribution < -0.4 is 4.52 Å². The van der Waals surface area contributed by atoms with Crippen molar-refractivity contribution < 1.29 is 33.8 Å². The van der Waals surface area contributed by atoms with Crippen LogP contribution in [0.2, 0.25) is 0 Å². The van der Waals surface area contributed by atoms with Gasteiger partial charge in [0.15, 0.2) is 0 Å². The summed E-state index contributed by atoms with van der Waals surface area (Å²) in [6.07, 6.45) is 0. The number of phenolic OH excluding ortho intramolecular Hbond substituents is 1. The number of rotatable bonds is 4. The largest absolute Gasteiger partial charge is 0.524 e. The predicted molar refractivity (Wildman–Crippen MR) is 104 cm³/mol. The van der Waals surface area contributed by atoms with Gasteiger partial charge in [-0.2, -0.15) is 8.09 Å². The first-order chi connectivity index (χ1) is 12.8. The zero-order chi connectivity index (χ0) is 21.9. The second kappa shape index (κ2) is 12.3. The summed E-state index contributed by atoms with van der Waals surface area (Å²) in [6.45, 7) is 0. The quantitative estimate of drug-likeness (QED) is 0.282. The van der Waals surface area contributed by atoms with E-state index >= 15 is 0 Å². The number of aromatic hydroxyl groups is 1. The van der Waals surface area contributed by atoms with Crippen LogP contribution in [0.3, 0.4) is 0 Å². The molecule has 2 unspecified atom stereocenters. The third-order valence-electron chi connectivity index (χ3n) is 2.33. The highest BCUT2D eigenvalue weighted by atomic mass is 32.0. The van der Waals surface area contributed by atoms with E-state index in [4.69, 9.17) is 23.7 Å². The van der Waals surface area contributed by atoms with Crippen LogP contribution in [0, 0.1) is 20.2 Å². The lowest BCUT2D eigenvalue weighted by atomic mass is 10.3. The molecule has 0 spiro atoms. The number of benzene rings is 2. The summed E-state index contributed by atoms with van der Waals surface area (Å²) in [5, 5.41) is 29.0. The van der Waals surface area contributed by atoms with Crippen LogP contribution in [0.25, 0.3) is 0 Å². The summed E-state index contributed by atoms with van der Waals surface area (Å²) in [5.41, 5.74) is -0.194. The summed E-state index contributed by atoms with van der Waals surface area (Å²) in [4.78, 5) is 35.9. The Bertz CT molecular complexity index is 815. The Hall–Kier alpha value is -2.09. The highest BCUT2D eigenvalue weighted by Gasteiger charge is 2.16. The first kappa shape index (κ1) is 23.0. The molecule has 3 N–H and O–H groups in total. The van der Waals surface area contributed by atoms with Crippen LogP contribution in [0.1, 0.15) is 0 Å². The smallest absolute Gasteiger partial charge is 0.508 e. The monoisotopic (exact) mass is 436 g/mol. The summed E-state index contributed by atoms with van der Waals surface area (Å²) < 4.78 is 20.9. The second-order valence-electron chi connectivity index (χ2n) is 4.26. The average Bonchev–Trinajstić information content (AvgIpc) is 2.54. The molecule has 144 valence electrons. The molecule has 0 bridgehead atoms. The fourth-order valence-electron chi connectivity index (χ4n) is 1.34. The van der Waals surface area contributed by atoms with E-state index < -0.39 is 25.8 Å². The molecule has 2 atom stereocenters. The maximum absolute atomic E-state index is 10.4. The number of nitrogens with zero attached hydrogens (tertiary/aromatic N) is 2. The third kappa shape index (κ3) is 12.0. The Balaban J connectivity index is 0.000000454. The van der Waals surface area contributed by atoms with Crippen molar-refractivity contribution >= 4 is 43.8 Å². The Morgan fingerprint density at radius 2 is 1.37 bits per heavy atom. The van der Waals surface area contributed by atoms with Gasteiger partial charge in [0.05, 0.1) is 11.1 Å². The molecule has 0 fully saturated rings. The van der Waals surface area contributed by atoms with E-state index in [1.165, 1.54) is 24.3 Å². The fourth-order valence-corrected chi connectivity index (χ4v) is 1.74. The van der Waals surface area contributed by atoms with Gasteiger partial charge >= 0.3 is 7.82 Å². The van der Waals surface area contributed by atoms with Crippen LogP contribution in [0.15, 0.2) is 48.5 Å². The van der Waals surface area contributed by atoms with Gasteiger partial charge in [-0.05, 0) is 24.3 Å². The van der Waals surface area contributed by atoms with Crippen molar-refractivity contribution in [2.45, 2.75) is 0 Å². The molecule has 2 aromatic rings. The SMILES string of the molecule is O=[N+]([O-])c1ccc(O)cc1.O=[N+]([O-])c1ccc(OP(=O)(O)O)cc1.[3H]P([B])P. The zero-order valence-electron chi connectivity index (χ0n) is 14.4. The minimum atomic E-state index is -4.60. The molecule has 15 heteroatoms. The number of phenols is 1. The Kier molecular flexibility index (Phi) is 10.5. The summed E-state index contributed by atoms with van der Waals surface area (Å²) in [5.74, 6) is -0.0884. The molecule has 11 nitrogen and oxygen atoms in total. The van der Waals surface area contributed by atoms with Crippen molar-refractivity contribution in [1.29, 1.82) is 1.28 Å². The van der Waals surface area contributed by atoms with Crippen molar-refractivity contribution in [1.82, 2.24) is 0 Å². The van der Waals surface area contributed by atoms with Gasteiger partial charge in [0.1, 0.15) is 19.1 Å². The molecule has 0 aromatic heterocycles. The van der Waals surface area contributed by atoms with E-state index in [1.54, 1.807) is 0 Å². The van der Waals surface area contributed by atoms with Gasteiger partial charge in [0.2, 0.25) is 0 Å². The zero-order valence-corrected chi connectivity index (χ0v) is 16.3. The molecule has 27 heavy (non-hydrogen) atoms. The van der Waals surface area contributed by atoms with Gasteiger partial charge in [0, 0.05) is 24.3 Å². The third-order valence-corrected chi connectivity index (χ3v) is 2.78. The van der Waals surface area contributed by atoms with E-state index in [1.807, 2.05) is 0 Å². The van der Waals surface area contributed by atoms with Crippen LogP contribution in [0.5, 0.6) is 11.5 Å². The highest BCUT2D eigenvalue weighted by Crippen LogP contribution is 2.37. The molecule has 0 amide bonds. The molecule has 0 aliphatic carbocycles. The highest BCUT2D eigenvalue weighted by molar-refractivity contribution is 8.15. The number of nitro groups is 2. The molecule has 2 aromatic carbocycles. The number of hydrogen-bond acceptors (Lipinski definition) is 7. The van der Waals surface area contributed by atoms with Crippen molar-refractivity contribution in [3.8, 4) is 11.5 Å². The van der Waals surface area contributed by atoms with Crippen LogP contribution >= 0.6 is 24.8 Å². The van der Waals surface area contributed by atoms with Crippen molar-refractivity contribution in [3.05, 3.63) is 68.8 Å². The van der Waals surface area contributed by atoms with Crippen LogP contribution in [-0.4, -0.2) is 33.6 Å². The average molecular weight is 436 g/mol. The fraction of sp³-hybridized carbons (Fsp3) is 0. The Labute approximate surface area is 159 Å². The lowest BCUT2D eigenvalue weighted by Gasteiger charge is -2.05. The molecule has 0 aliphatic rings. The second-order valence-corrected chi connectivity index (χ2v) is 6.61. The minimum absolute atomic E-state index is 0.0159. The maximum Gasteiger partial charge on any atom is 0.524 e. The molecule has 2 rings (SSSR count). The topological polar surface area (TPSA) is 173 Å². The lowest BCUT2D eigenvalue weighted by molar-refractivity contribution is -0.385. The van der Waals surface area contributed by atoms with Crippen LogP contribution in [0.4, 0.5) is 11.4 Å². The standard InChI is InChI=1S/C6H6NO6P.C6H5NO3.BH3P2/c8-7(9)5-1-3-6(4-2-5)13-14(10,11)12;8-6-3-1-5(2-4-6)7(9)10;1-3-2/h1-4H,(H2,10,11,12);1-4,8H;3H,2H2/i;;3T. The minimum Gasteiger partial charge on any atom is -0.508 e. The van der Waals surface area contributed by atoms with Gasteiger partial charge in [0.25, 0.3) is 11.4 Å². The van der Waals surface area contributed by atoms with Gasteiger partial charge in [-0.15, -0.1) is 8.93 Å². The summed E-state index contributed by atoms with van der Waals surface area (Å²) >= 11 is 0. The first-order valence-electron chi connectivity index (χ1n) is 6.98. The van der Waals surface area contributed by atoms with E-state index in [2.05, 4.69) is 13.5 Å². The predicted octanol–water partition coefficient (Wildman–Crippen LogP) is 2.91. The van der Waals surface area contributed by atoms with Gasteiger partial charge in [-0.3, -0.25) is 30.0 Å². The summed E-state index contributed by atoms with van der Waals surface area (Å²) in [7, 11) is 1.42.